The summed E-state index contributed by atoms with van der Waals surface area (Å²) in [4.78, 5) is 0. The molecule has 4 aromatic carbocycles. The van der Waals surface area contributed by atoms with Crippen molar-refractivity contribution in [2.24, 2.45) is 5.73 Å². The van der Waals surface area contributed by atoms with E-state index < -0.39 is 0 Å². The van der Waals surface area contributed by atoms with Gasteiger partial charge < -0.3 is 5.73 Å². The highest BCUT2D eigenvalue weighted by atomic mass is 19.1. The quantitative estimate of drug-likeness (QED) is 0.363. The van der Waals surface area contributed by atoms with Gasteiger partial charge in [-0.1, -0.05) is 66.7 Å². The third kappa shape index (κ3) is 3.81. The Balaban J connectivity index is 1.61. The number of nitrogens with two attached hydrogens (primary N) is 1. The van der Waals surface area contributed by atoms with E-state index in [1.165, 1.54) is 28.8 Å². The fourth-order valence-electron chi connectivity index (χ4n) is 4.52. The predicted molar refractivity (Wildman–Crippen MR) is 128 cm³/mol. The number of hydrogen-bond acceptors (Lipinski definition) is 2. The summed E-state index contributed by atoms with van der Waals surface area (Å²) in [7, 11) is 0. The third-order valence-corrected chi connectivity index (χ3v) is 6.07. The molecule has 5 rings (SSSR count). The first kappa shape index (κ1) is 20.2. The van der Waals surface area contributed by atoms with Crippen LogP contribution in [0.2, 0.25) is 0 Å². The van der Waals surface area contributed by atoms with Crippen molar-refractivity contribution in [1.29, 1.82) is 0 Å². The second-order valence-corrected chi connectivity index (χ2v) is 7.99. The highest BCUT2D eigenvalue weighted by Gasteiger charge is 2.26. The Bertz CT molecular complexity index is 1310. The van der Waals surface area contributed by atoms with Crippen LogP contribution in [0, 0.1) is 5.82 Å². The fourth-order valence-corrected chi connectivity index (χ4v) is 4.52. The minimum absolute atomic E-state index is 0.113. The van der Waals surface area contributed by atoms with Crippen molar-refractivity contribution in [3.63, 3.8) is 0 Å². The number of nitrogens with zero attached hydrogens (tertiary/aromatic N) is 2. The normalized spacial score (nSPS) is 13.2. The maximum Gasteiger partial charge on any atom is 0.123 e. The van der Waals surface area contributed by atoms with E-state index in [0.717, 1.165) is 16.6 Å². The molecule has 0 aliphatic heterocycles. The smallest absolute Gasteiger partial charge is 0.123 e. The summed E-state index contributed by atoms with van der Waals surface area (Å²) < 4.78 is 15.2. The van der Waals surface area contributed by atoms with Crippen LogP contribution >= 0.6 is 0 Å². The van der Waals surface area contributed by atoms with Crippen LogP contribution in [0.5, 0.6) is 0 Å². The maximum absolute atomic E-state index is 13.4. The SMILES string of the molecule is NCC(c1ccccc1)C(c1ccccc1)c1ccc2c(cnn2-c2ccc(F)cc2)c1. The summed E-state index contributed by atoms with van der Waals surface area (Å²) in [5.41, 5.74) is 11.8. The molecule has 32 heavy (non-hydrogen) atoms. The lowest BCUT2D eigenvalue weighted by atomic mass is 9.77. The molecule has 0 fully saturated rings. The summed E-state index contributed by atoms with van der Waals surface area (Å²) in [6, 6.07) is 33.8. The molecule has 0 amide bonds. The molecule has 0 bridgehead atoms. The Hall–Kier alpha value is -3.76. The van der Waals surface area contributed by atoms with Crippen LogP contribution in [0.15, 0.2) is 109 Å². The lowest BCUT2D eigenvalue weighted by Crippen LogP contribution is -2.21. The number of halogens is 1. The van der Waals surface area contributed by atoms with E-state index in [-0.39, 0.29) is 17.7 Å². The number of fused-ring (bicyclic) bond motifs is 1. The van der Waals surface area contributed by atoms with Crippen molar-refractivity contribution < 1.29 is 4.39 Å². The molecule has 0 radical (unpaired) electrons. The molecule has 3 nitrogen and oxygen atoms in total. The maximum atomic E-state index is 13.4. The second-order valence-electron chi connectivity index (χ2n) is 7.99. The fraction of sp³-hybridized carbons (Fsp3) is 0.107. The van der Waals surface area contributed by atoms with Gasteiger partial charge in [-0.3, -0.25) is 0 Å². The zero-order valence-electron chi connectivity index (χ0n) is 17.6. The van der Waals surface area contributed by atoms with Crippen LogP contribution in [0.4, 0.5) is 4.39 Å². The molecule has 158 valence electrons. The van der Waals surface area contributed by atoms with Gasteiger partial charge in [-0.15, -0.1) is 0 Å². The van der Waals surface area contributed by atoms with Crippen LogP contribution in [0.25, 0.3) is 16.6 Å². The summed E-state index contributed by atoms with van der Waals surface area (Å²) in [5, 5.41) is 5.60. The van der Waals surface area contributed by atoms with Gasteiger partial charge in [0.2, 0.25) is 0 Å². The molecule has 0 saturated heterocycles. The third-order valence-electron chi connectivity index (χ3n) is 6.07. The summed E-state index contributed by atoms with van der Waals surface area (Å²) in [6.45, 7) is 0.538. The van der Waals surface area contributed by atoms with E-state index in [4.69, 9.17) is 5.73 Å². The number of benzene rings is 4. The first-order valence-corrected chi connectivity index (χ1v) is 10.8. The van der Waals surface area contributed by atoms with Gasteiger partial charge in [0, 0.05) is 23.8 Å². The van der Waals surface area contributed by atoms with E-state index in [0.29, 0.717) is 6.54 Å². The topological polar surface area (TPSA) is 43.8 Å². The zero-order valence-corrected chi connectivity index (χ0v) is 17.6. The van der Waals surface area contributed by atoms with Gasteiger partial charge in [0.05, 0.1) is 17.4 Å². The summed E-state index contributed by atoms with van der Waals surface area (Å²) in [6.07, 6.45) is 1.87. The van der Waals surface area contributed by atoms with Crippen LogP contribution in [0.1, 0.15) is 28.5 Å². The highest BCUT2D eigenvalue weighted by Crippen LogP contribution is 2.39. The standard InChI is InChI=1S/C28H24FN3/c29-24-12-14-25(15-13-24)32-27-16-11-22(17-23(27)19-31-32)28(21-9-5-2-6-10-21)26(18-30)20-7-3-1-4-8-20/h1-17,19,26,28H,18,30H2. The van der Waals surface area contributed by atoms with Gasteiger partial charge in [0.25, 0.3) is 0 Å². The van der Waals surface area contributed by atoms with Crippen LogP contribution in [0.3, 0.4) is 0 Å². The average molecular weight is 422 g/mol. The minimum atomic E-state index is -0.257. The molecule has 0 spiro atoms. The largest absolute Gasteiger partial charge is 0.330 e. The molecule has 0 aliphatic carbocycles. The first-order chi connectivity index (χ1) is 15.7. The van der Waals surface area contributed by atoms with Crippen LogP contribution in [-0.2, 0) is 0 Å². The molecule has 1 heterocycles. The summed E-state index contributed by atoms with van der Waals surface area (Å²) in [5.74, 6) is -0.00250. The Morgan fingerprint density at radius 2 is 1.41 bits per heavy atom. The van der Waals surface area contributed by atoms with Gasteiger partial charge >= 0.3 is 0 Å². The van der Waals surface area contributed by atoms with Crippen molar-refractivity contribution in [2.45, 2.75) is 11.8 Å². The van der Waals surface area contributed by atoms with Crippen molar-refractivity contribution in [3.8, 4) is 5.69 Å². The molecule has 2 atom stereocenters. The van der Waals surface area contributed by atoms with Gasteiger partial charge in [0.1, 0.15) is 5.82 Å². The van der Waals surface area contributed by atoms with Gasteiger partial charge in [-0.25, -0.2) is 9.07 Å². The zero-order chi connectivity index (χ0) is 21.9. The van der Waals surface area contributed by atoms with E-state index in [1.54, 1.807) is 12.1 Å². The Morgan fingerprint density at radius 3 is 2.06 bits per heavy atom. The van der Waals surface area contributed by atoms with Crippen LogP contribution < -0.4 is 5.73 Å². The number of hydrogen-bond donors (Lipinski definition) is 1. The lowest BCUT2D eigenvalue weighted by Gasteiger charge is -2.28. The van der Waals surface area contributed by atoms with Gasteiger partial charge in [0.15, 0.2) is 0 Å². The molecule has 5 aromatic rings. The first-order valence-electron chi connectivity index (χ1n) is 10.8. The average Bonchev–Trinajstić information content (AvgIpc) is 3.27. The predicted octanol–water partition coefficient (Wildman–Crippen LogP) is 6.04. The van der Waals surface area contributed by atoms with Gasteiger partial charge in [-0.2, -0.15) is 5.10 Å². The molecule has 0 saturated carbocycles. The van der Waals surface area contributed by atoms with Crippen molar-refractivity contribution in [2.75, 3.05) is 6.54 Å². The van der Waals surface area contributed by atoms with E-state index in [9.17, 15) is 4.39 Å². The minimum Gasteiger partial charge on any atom is -0.330 e. The molecule has 2 unspecified atom stereocenters. The Kier molecular flexibility index (Phi) is 5.53. The monoisotopic (exact) mass is 421 g/mol. The van der Waals surface area contributed by atoms with E-state index >= 15 is 0 Å². The molecular formula is C28H24FN3. The molecule has 0 aliphatic rings. The highest BCUT2D eigenvalue weighted by molar-refractivity contribution is 5.81. The lowest BCUT2D eigenvalue weighted by molar-refractivity contribution is 0.614. The number of rotatable bonds is 6. The van der Waals surface area contributed by atoms with Crippen molar-refractivity contribution in [1.82, 2.24) is 9.78 Å². The van der Waals surface area contributed by atoms with E-state index in [1.807, 2.05) is 23.0 Å². The molecule has 1 aromatic heterocycles. The molecule has 2 N–H and O–H groups in total. The Labute approximate surface area is 186 Å². The van der Waals surface area contributed by atoms with Gasteiger partial charge in [-0.05, 0) is 53.1 Å². The molecular weight excluding hydrogens is 397 g/mol. The summed E-state index contributed by atoms with van der Waals surface area (Å²) >= 11 is 0. The van der Waals surface area contributed by atoms with Crippen LogP contribution in [-0.4, -0.2) is 16.3 Å². The Morgan fingerprint density at radius 1 is 0.750 bits per heavy atom. The number of aromatic nitrogens is 2. The van der Waals surface area contributed by atoms with Crippen molar-refractivity contribution >= 4 is 10.9 Å². The van der Waals surface area contributed by atoms with E-state index in [2.05, 4.69) is 71.8 Å². The molecule has 4 heteroatoms. The van der Waals surface area contributed by atoms with Crippen molar-refractivity contribution in [3.05, 3.63) is 132 Å². The second kappa shape index (κ2) is 8.77.